The van der Waals surface area contributed by atoms with E-state index in [1.807, 2.05) is 0 Å². The zero-order chi connectivity index (χ0) is 10.9. The van der Waals surface area contributed by atoms with Crippen molar-refractivity contribution in [3.8, 4) is 5.75 Å². The molecule has 0 saturated heterocycles. The Kier molecular flexibility index (Phi) is 2.32. The molecule has 0 bridgehead atoms. The van der Waals surface area contributed by atoms with Crippen LogP contribution in [-0.4, -0.2) is 21.1 Å². The number of aromatic hydroxyl groups is 1. The third kappa shape index (κ3) is 1.47. The Bertz CT molecular complexity index is 417. The first-order chi connectivity index (χ1) is 6.45. The number of carbonyl (C=O) groups is 1. The fourth-order valence-corrected chi connectivity index (χ4v) is 0.906. The molecule has 0 aliphatic heterocycles. The average molecular weight is 201 g/mol. The van der Waals surface area contributed by atoms with Crippen LogP contribution in [-0.2, 0) is 0 Å². The highest BCUT2D eigenvalue weighted by atomic mass is 19.1. The number of benzene rings is 1. The molecule has 0 spiro atoms. The highest BCUT2D eigenvalue weighted by Crippen LogP contribution is 2.31. The quantitative estimate of drug-likeness (QED) is 0.551. The van der Waals surface area contributed by atoms with E-state index in [2.05, 4.69) is 0 Å². The first-order valence-electron chi connectivity index (χ1n) is 3.34. The molecule has 0 heterocycles. The molecule has 0 aliphatic rings. The predicted molar refractivity (Wildman–Crippen MR) is 41.7 cm³/mol. The molecule has 6 nitrogen and oxygen atoms in total. The van der Waals surface area contributed by atoms with E-state index in [0.717, 1.165) is 0 Å². The number of nitro groups is 1. The van der Waals surface area contributed by atoms with E-state index in [9.17, 15) is 19.3 Å². The van der Waals surface area contributed by atoms with Crippen molar-refractivity contribution in [1.29, 1.82) is 0 Å². The lowest BCUT2D eigenvalue weighted by molar-refractivity contribution is -0.386. The third-order valence-corrected chi connectivity index (χ3v) is 1.52. The molecule has 0 amide bonds. The summed E-state index contributed by atoms with van der Waals surface area (Å²) < 4.78 is 12.8. The smallest absolute Gasteiger partial charge is 0.342 e. The predicted octanol–water partition coefficient (Wildman–Crippen LogP) is 1.14. The fourth-order valence-electron chi connectivity index (χ4n) is 0.906. The van der Waals surface area contributed by atoms with E-state index in [4.69, 9.17) is 10.2 Å². The lowest BCUT2D eigenvalue weighted by Gasteiger charge is -2.00. The fraction of sp³-hybridized carbons (Fsp3) is 0. The SMILES string of the molecule is O=C(O)c1c(F)ccc([N+](=O)[O-])c1O. The van der Waals surface area contributed by atoms with Crippen molar-refractivity contribution in [2.24, 2.45) is 0 Å². The maximum Gasteiger partial charge on any atom is 0.342 e. The number of carboxylic acids is 1. The van der Waals surface area contributed by atoms with Crippen molar-refractivity contribution in [2.45, 2.75) is 0 Å². The molecule has 0 fully saturated rings. The van der Waals surface area contributed by atoms with Gasteiger partial charge in [0, 0.05) is 6.07 Å². The van der Waals surface area contributed by atoms with Crippen LogP contribution >= 0.6 is 0 Å². The zero-order valence-corrected chi connectivity index (χ0v) is 6.60. The number of halogens is 1. The normalized spacial score (nSPS) is 9.79. The molecule has 7 heteroatoms. The van der Waals surface area contributed by atoms with Crippen LogP contribution in [0.1, 0.15) is 10.4 Å². The van der Waals surface area contributed by atoms with Crippen molar-refractivity contribution in [3.63, 3.8) is 0 Å². The highest BCUT2D eigenvalue weighted by Gasteiger charge is 2.24. The third-order valence-electron chi connectivity index (χ3n) is 1.52. The largest absolute Gasteiger partial charge is 0.501 e. The van der Waals surface area contributed by atoms with Gasteiger partial charge in [0.2, 0.25) is 5.75 Å². The maximum atomic E-state index is 12.8. The molecule has 2 N–H and O–H groups in total. The summed E-state index contributed by atoms with van der Waals surface area (Å²) in [7, 11) is 0. The summed E-state index contributed by atoms with van der Waals surface area (Å²) in [5.41, 5.74) is -1.94. The van der Waals surface area contributed by atoms with Gasteiger partial charge in [-0.1, -0.05) is 0 Å². The molecule has 0 aliphatic carbocycles. The van der Waals surface area contributed by atoms with Crippen LogP contribution in [0.2, 0.25) is 0 Å². The number of rotatable bonds is 2. The van der Waals surface area contributed by atoms with Crippen LogP contribution in [0.5, 0.6) is 5.75 Å². The second-order valence-corrected chi connectivity index (χ2v) is 2.35. The van der Waals surface area contributed by atoms with Crippen molar-refractivity contribution >= 4 is 11.7 Å². The van der Waals surface area contributed by atoms with Crippen molar-refractivity contribution in [3.05, 3.63) is 33.6 Å². The van der Waals surface area contributed by atoms with E-state index < -0.39 is 33.7 Å². The van der Waals surface area contributed by atoms with Gasteiger partial charge >= 0.3 is 11.7 Å². The molecule has 0 radical (unpaired) electrons. The second-order valence-electron chi connectivity index (χ2n) is 2.35. The summed E-state index contributed by atoms with van der Waals surface area (Å²) in [6, 6.07) is 1.30. The minimum Gasteiger partial charge on any atom is -0.501 e. The maximum absolute atomic E-state index is 12.8. The summed E-state index contributed by atoms with van der Waals surface area (Å²) in [6.07, 6.45) is 0. The van der Waals surface area contributed by atoms with E-state index in [1.54, 1.807) is 0 Å². The molecule has 1 aromatic carbocycles. The van der Waals surface area contributed by atoms with Gasteiger partial charge in [-0.3, -0.25) is 10.1 Å². The van der Waals surface area contributed by atoms with Gasteiger partial charge in [0.15, 0.2) is 0 Å². The van der Waals surface area contributed by atoms with Crippen LogP contribution in [0.4, 0.5) is 10.1 Å². The Labute approximate surface area is 76.4 Å². The Morgan fingerprint density at radius 3 is 2.50 bits per heavy atom. The molecule has 0 aromatic heterocycles. The number of hydrogen-bond donors (Lipinski definition) is 2. The first kappa shape index (κ1) is 9.90. The van der Waals surface area contributed by atoms with Gasteiger partial charge in [0.05, 0.1) is 4.92 Å². The number of hydrogen-bond acceptors (Lipinski definition) is 4. The number of nitro benzene ring substituents is 1. The lowest BCUT2D eigenvalue weighted by Crippen LogP contribution is -2.03. The van der Waals surface area contributed by atoms with E-state index in [-0.39, 0.29) is 0 Å². The van der Waals surface area contributed by atoms with Gasteiger partial charge in [-0.15, -0.1) is 0 Å². The number of phenols is 1. The van der Waals surface area contributed by atoms with Crippen molar-refractivity contribution < 1.29 is 24.3 Å². The van der Waals surface area contributed by atoms with Crippen LogP contribution < -0.4 is 0 Å². The number of aromatic carboxylic acids is 1. The van der Waals surface area contributed by atoms with Gasteiger partial charge in [-0.25, -0.2) is 9.18 Å². The second kappa shape index (κ2) is 3.29. The van der Waals surface area contributed by atoms with E-state index in [1.165, 1.54) is 0 Å². The Morgan fingerprint density at radius 1 is 1.50 bits per heavy atom. The van der Waals surface area contributed by atoms with Crippen LogP contribution in [0.25, 0.3) is 0 Å². The summed E-state index contributed by atoms with van der Waals surface area (Å²) >= 11 is 0. The van der Waals surface area contributed by atoms with E-state index >= 15 is 0 Å². The lowest BCUT2D eigenvalue weighted by atomic mass is 10.1. The minimum absolute atomic E-state index is 0.612. The molecular formula is C7H4FNO5. The van der Waals surface area contributed by atoms with Crippen LogP contribution in [0.15, 0.2) is 12.1 Å². The van der Waals surface area contributed by atoms with Crippen molar-refractivity contribution in [1.82, 2.24) is 0 Å². The Hall–Kier alpha value is -2.18. The first-order valence-corrected chi connectivity index (χ1v) is 3.34. The molecular weight excluding hydrogens is 197 g/mol. The molecule has 74 valence electrons. The highest BCUT2D eigenvalue weighted by molar-refractivity contribution is 5.92. The monoisotopic (exact) mass is 201 g/mol. The molecule has 1 rings (SSSR count). The van der Waals surface area contributed by atoms with Gasteiger partial charge < -0.3 is 10.2 Å². The summed E-state index contributed by atoms with van der Waals surface area (Å²) in [6.45, 7) is 0. The van der Waals surface area contributed by atoms with Gasteiger partial charge in [-0.05, 0) is 6.07 Å². The number of nitrogens with zero attached hydrogens (tertiary/aromatic N) is 1. The molecule has 0 saturated carbocycles. The Balaban J connectivity index is 3.49. The molecule has 0 atom stereocenters. The minimum atomic E-state index is -1.76. The summed E-state index contributed by atoms with van der Waals surface area (Å²) in [5.74, 6) is -4.16. The Morgan fingerprint density at radius 2 is 2.07 bits per heavy atom. The molecule has 1 aromatic rings. The summed E-state index contributed by atoms with van der Waals surface area (Å²) in [5, 5.41) is 27.7. The molecule has 0 unspecified atom stereocenters. The zero-order valence-electron chi connectivity index (χ0n) is 6.60. The van der Waals surface area contributed by atoms with Crippen LogP contribution in [0.3, 0.4) is 0 Å². The topological polar surface area (TPSA) is 101 Å². The average Bonchev–Trinajstić information content (AvgIpc) is 2.02. The van der Waals surface area contributed by atoms with E-state index in [0.29, 0.717) is 12.1 Å². The van der Waals surface area contributed by atoms with Gasteiger partial charge in [0.1, 0.15) is 11.4 Å². The standard InChI is InChI=1S/C7H4FNO5/c8-3-1-2-4(9(13)14)6(10)5(3)7(11)12/h1-2,10H,(H,11,12). The van der Waals surface area contributed by atoms with Gasteiger partial charge in [0.25, 0.3) is 0 Å². The number of carboxylic acid groups (broad SMARTS) is 1. The van der Waals surface area contributed by atoms with Crippen LogP contribution in [0, 0.1) is 15.9 Å². The summed E-state index contributed by atoms with van der Waals surface area (Å²) in [4.78, 5) is 19.6. The van der Waals surface area contributed by atoms with Crippen molar-refractivity contribution in [2.75, 3.05) is 0 Å². The van der Waals surface area contributed by atoms with Gasteiger partial charge in [-0.2, -0.15) is 0 Å². The molecule has 14 heavy (non-hydrogen) atoms.